The number of hydrogen-bond acceptors (Lipinski definition) is 4. The minimum Gasteiger partial charge on any atom is -0.393 e. The van der Waals surface area contributed by atoms with Crippen LogP contribution in [0.1, 0.15) is 52.0 Å². The lowest BCUT2D eigenvalue weighted by atomic mass is 10.1. The van der Waals surface area contributed by atoms with Crippen molar-refractivity contribution in [3.63, 3.8) is 0 Å². The van der Waals surface area contributed by atoms with Gasteiger partial charge < -0.3 is 10.4 Å². The lowest BCUT2D eigenvalue weighted by Gasteiger charge is -2.25. The molecule has 6 heteroatoms. The zero-order chi connectivity index (χ0) is 16.4. The summed E-state index contributed by atoms with van der Waals surface area (Å²) in [4.78, 5) is 14.6. The van der Waals surface area contributed by atoms with Gasteiger partial charge in [-0.25, -0.2) is 4.68 Å². The van der Waals surface area contributed by atoms with Crippen LogP contribution in [0.5, 0.6) is 0 Å². The van der Waals surface area contributed by atoms with Crippen LogP contribution in [0.3, 0.4) is 0 Å². The van der Waals surface area contributed by atoms with Crippen LogP contribution in [-0.2, 0) is 4.79 Å². The highest BCUT2D eigenvalue weighted by Gasteiger charge is 2.31. The molecule has 2 aliphatic rings. The maximum absolute atomic E-state index is 12.4. The molecule has 3 rings (SSSR count). The molecule has 128 valence electrons. The SMILES string of the molecule is CC(O)CC1CCCN1CC(=O)Nc1ccnn1C(C)C1CC1. The van der Waals surface area contributed by atoms with E-state index in [0.717, 1.165) is 31.6 Å². The van der Waals surface area contributed by atoms with Crippen molar-refractivity contribution in [2.75, 3.05) is 18.4 Å². The molecule has 1 aliphatic heterocycles. The van der Waals surface area contributed by atoms with Crippen molar-refractivity contribution < 1.29 is 9.90 Å². The largest absolute Gasteiger partial charge is 0.393 e. The third-order valence-electron chi connectivity index (χ3n) is 5.09. The Balaban J connectivity index is 1.56. The summed E-state index contributed by atoms with van der Waals surface area (Å²) in [5.74, 6) is 1.49. The first-order valence-corrected chi connectivity index (χ1v) is 8.80. The molecule has 6 nitrogen and oxygen atoms in total. The summed E-state index contributed by atoms with van der Waals surface area (Å²) in [6, 6.07) is 2.53. The average Bonchev–Trinajstić information content (AvgIpc) is 3.11. The zero-order valence-electron chi connectivity index (χ0n) is 14.1. The topological polar surface area (TPSA) is 70.4 Å². The fourth-order valence-corrected chi connectivity index (χ4v) is 3.65. The van der Waals surface area contributed by atoms with Crippen molar-refractivity contribution in [2.24, 2.45) is 5.92 Å². The Hall–Kier alpha value is -1.40. The third kappa shape index (κ3) is 4.12. The lowest BCUT2D eigenvalue weighted by Crippen LogP contribution is -2.38. The van der Waals surface area contributed by atoms with Crippen molar-refractivity contribution in [2.45, 2.75) is 64.1 Å². The van der Waals surface area contributed by atoms with E-state index in [-0.39, 0.29) is 12.0 Å². The third-order valence-corrected chi connectivity index (χ3v) is 5.09. The molecule has 3 atom stereocenters. The van der Waals surface area contributed by atoms with E-state index < -0.39 is 0 Å². The fourth-order valence-electron chi connectivity index (χ4n) is 3.65. The number of aliphatic hydroxyl groups excluding tert-OH is 1. The van der Waals surface area contributed by atoms with E-state index in [1.165, 1.54) is 12.8 Å². The molecule has 1 aromatic rings. The van der Waals surface area contributed by atoms with Gasteiger partial charge in [0, 0.05) is 12.1 Å². The molecule has 0 radical (unpaired) electrons. The summed E-state index contributed by atoms with van der Waals surface area (Å²) in [5.41, 5.74) is 0. The van der Waals surface area contributed by atoms with E-state index in [9.17, 15) is 9.90 Å². The Kier molecular flexibility index (Phi) is 5.02. The van der Waals surface area contributed by atoms with E-state index in [2.05, 4.69) is 22.2 Å². The predicted octanol–water partition coefficient (Wildman–Crippen LogP) is 2.03. The minimum absolute atomic E-state index is 0.00670. The van der Waals surface area contributed by atoms with E-state index >= 15 is 0 Å². The Morgan fingerprint density at radius 2 is 2.22 bits per heavy atom. The molecule has 0 aromatic carbocycles. The summed E-state index contributed by atoms with van der Waals surface area (Å²) in [5, 5.41) is 17.0. The highest BCUT2D eigenvalue weighted by Crippen LogP contribution is 2.40. The highest BCUT2D eigenvalue weighted by molar-refractivity contribution is 5.91. The van der Waals surface area contributed by atoms with Gasteiger partial charge in [0.05, 0.1) is 24.9 Å². The summed E-state index contributed by atoms with van der Waals surface area (Å²) in [7, 11) is 0. The summed E-state index contributed by atoms with van der Waals surface area (Å²) < 4.78 is 1.94. The molecule has 1 aliphatic carbocycles. The number of nitrogens with zero attached hydrogens (tertiary/aromatic N) is 3. The number of hydrogen-bond donors (Lipinski definition) is 2. The normalized spacial score (nSPS) is 24.6. The van der Waals surface area contributed by atoms with E-state index in [0.29, 0.717) is 24.5 Å². The van der Waals surface area contributed by atoms with Gasteiger partial charge in [0.15, 0.2) is 0 Å². The number of nitrogens with one attached hydrogen (secondary N) is 1. The molecule has 23 heavy (non-hydrogen) atoms. The van der Waals surface area contributed by atoms with Crippen molar-refractivity contribution >= 4 is 11.7 Å². The Bertz CT molecular complexity index is 538. The van der Waals surface area contributed by atoms with Crippen LogP contribution in [0.25, 0.3) is 0 Å². The van der Waals surface area contributed by atoms with Crippen LogP contribution < -0.4 is 5.32 Å². The van der Waals surface area contributed by atoms with Gasteiger partial charge in [-0.1, -0.05) is 0 Å². The number of carbonyl (C=O) groups excluding carboxylic acids is 1. The van der Waals surface area contributed by atoms with Gasteiger partial charge in [0.1, 0.15) is 5.82 Å². The van der Waals surface area contributed by atoms with Gasteiger partial charge in [-0.2, -0.15) is 5.10 Å². The number of rotatable bonds is 7. The number of carbonyl (C=O) groups is 1. The molecule has 0 bridgehead atoms. The monoisotopic (exact) mass is 320 g/mol. The van der Waals surface area contributed by atoms with E-state index in [1.54, 1.807) is 6.20 Å². The smallest absolute Gasteiger partial charge is 0.239 e. The number of aromatic nitrogens is 2. The molecular formula is C17H28N4O2. The summed E-state index contributed by atoms with van der Waals surface area (Å²) in [6.07, 6.45) is 6.84. The van der Waals surface area contributed by atoms with Crippen LogP contribution in [0.4, 0.5) is 5.82 Å². The standard InChI is InChI=1S/C17H28N4O2/c1-12(22)10-15-4-3-9-20(15)11-17(23)19-16-7-8-18-21(16)13(2)14-5-6-14/h7-8,12-15,22H,3-6,9-11H2,1-2H3,(H,19,23). The second kappa shape index (κ2) is 7.01. The van der Waals surface area contributed by atoms with Crippen LogP contribution in [0.2, 0.25) is 0 Å². The van der Waals surface area contributed by atoms with Crippen molar-refractivity contribution in [3.05, 3.63) is 12.3 Å². The number of aliphatic hydroxyl groups is 1. The maximum atomic E-state index is 12.4. The van der Waals surface area contributed by atoms with Gasteiger partial charge in [0.2, 0.25) is 5.91 Å². The van der Waals surface area contributed by atoms with Crippen LogP contribution in [0, 0.1) is 5.92 Å². The number of amides is 1. The van der Waals surface area contributed by atoms with Gasteiger partial charge in [-0.3, -0.25) is 9.69 Å². The maximum Gasteiger partial charge on any atom is 0.239 e. The van der Waals surface area contributed by atoms with Crippen LogP contribution in [-0.4, -0.2) is 50.9 Å². The zero-order valence-corrected chi connectivity index (χ0v) is 14.1. The first-order chi connectivity index (χ1) is 11.0. The number of anilines is 1. The Labute approximate surface area is 137 Å². The molecule has 2 heterocycles. The van der Waals surface area contributed by atoms with Crippen molar-refractivity contribution in [3.8, 4) is 0 Å². The molecule has 1 aromatic heterocycles. The fraction of sp³-hybridized carbons (Fsp3) is 0.765. The molecule has 0 spiro atoms. The van der Waals surface area contributed by atoms with E-state index in [4.69, 9.17) is 0 Å². The molecule has 1 amide bonds. The second-order valence-corrected chi connectivity index (χ2v) is 7.14. The number of likely N-dealkylation sites (tertiary alicyclic amines) is 1. The molecule has 2 fully saturated rings. The lowest BCUT2D eigenvalue weighted by molar-refractivity contribution is -0.117. The van der Waals surface area contributed by atoms with Gasteiger partial charge in [-0.15, -0.1) is 0 Å². The molecular weight excluding hydrogens is 292 g/mol. The average molecular weight is 320 g/mol. The van der Waals surface area contributed by atoms with Gasteiger partial charge in [0.25, 0.3) is 0 Å². The van der Waals surface area contributed by atoms with E-state index in [1.807, 2.05) is 17.7 Å². The van der Waals surface area contributed by atoms with Crippen molar-refractivity contribution in [1.82, 2.24) is 14.7 Å². The quantitative estimate of drug-likeness (QED) is 0.806. The predicted molar refractivity (Wildman–Crippen MR) is 89.2 cm³/mol. The summed E-state index contributed by atoms with van der Waals surface area (Å²) in [6.45, 7) is 5.30. The van der Waals surface area contributed by atoms with Gasteiger partial charge in [-0.05, 0) is 58.4 Å². The first kappa shape index (κ1) is 16.5. The van der Waals surface area contributed by atoms with Crippen LogP contribution in [0.15, 0.2) is 12.3 Å². The first-order valence-electron chi connectivity index (χ1n) is 8.80. The van der Waals surface area contributed by atoms with Gasteiger partial charge >= 0.3 is 0 Å². The van der Waals surface area contributed by atoms with Crippen molar-refractivity contribution in [1.29, 1.82) is 0 Å². The molecule has 2 N–H and O–H groups in total. The molecule has 3 unspecified atom stereocenters. The Morgan fingerprint density at radius 1 is 1.43 bits per heavy atom. The highest BCUT2D eigenvalue weighted by atomic mass is 16.3. The second-order valence-electron chi connectivity index (χ2n) is 7.14. The molecule has 1 saturated heterocycles. The Morgan fingerprint density at radius 3 is 2.91 bits per heavy atom. The van der Waals surface area contributed by atoms with Crippen LogP contribution >= 0.6 is 0 Å². The summed E-state index contributed by atoms with van der Waals surface area (Å²) >= 11 is 0. The molecule has 1 saturated carbocycles. The minimum atomic E-state index is -0.315.